The van der Waals surface area contributed by atoms with Crippen LogP contribution in [0.25, 0.3) is 6.08 Å². The highest BCUT2D eigenvalue weighted by Crippen LogP contribution is 2.31. The Balaban J connectivity index is 2.18. The molecule has 1 saturated carbocycles. The van der Waals surface area contributed by atoms with Crippen LogP contribution in [0.1, 0.15) is 37.7 Å². The largest absolute Gasteiger partial charge is 0.493 e. The highest BCUT2D eigenvalue weighted by Gasteiger charge is 2.24. The van der Waals surface area contributed by atoms with E-state index in [2.05, 4.69) is 0 Å². The molecule has 1 amide bonds. The molecule has 0 unspecified atom stereocenters. The zero-order valence-electron chi connectivity index (χ0n) is 13.6. The first kappa shape index (κ1) is 17.5. The molecule has 0 atom stereocenters. The lowest BCUT2D eigenvalue weighted by Gasteiger charge is -2.20. The van der Waals surface area contributed by atoms with Crippen molar-refractivity contribution in [2.45, 2.75) is 32.1 Å². The Morgan fingerprint density at radius 1 is 1.25 bits per heavy atom. The number of hydrogen-bond donors (Lipinski definition) is 1. The molecule has 6 heteroatoms. The molecule has 1 aromatic carbocycles. The fraction of sp³-hybridized carbons (Fsp3) is 0.389. The summed E-state index contributed by atoms with van der Waals surface area (Å²) in [6.45, 7) is 0. The molecule has 1 aliphatic carbocycles. The van der Waals surface area contributed by atoms with E-state index in [4.69, 9.17) is 20.5 Å². The van der Waals surface area contributed by atoms with E-state index in [1.165, 1.54) is 13.2 Å². The molecule has 0 radical (unpaired) electrons. The molecule has 6 nitrogen and oxygen atoms in total. The number of esters is 1. The zero-order chi connectivity index (χ0) is 17.5. The second kappa shape index (κ2) is 8.16. The maximum Gasteiger partial charge on any atom is 0.314 e. The first-order valence-electron chi connectivity index (χ1n) is 7.86. The van der Waals surface area contributed by atoms with Gasteiger partial charge in [-0.05, 0) is 36.6 Å². The van der Waals surface area contributed by atoms with E-state index in [0.29, 0.717) is 17.1 Å². The van der Waals surface area contributed by atoms with Crippen molar-refractivity contribution in [2.24, 2.45) is 11.7 Å². The molecule has 1 aromatic rings. The lowest BCUT2D eigenvalue weighted by molar-refractivity contribution is -0.140. The normalized spacial score (nSPS) is 15.4. The molecular formula is C18H20N2O4. The van der Waals surface area contributed by atoms with E-state index in [9.17, 15) is 9.59 Å². The summed E-state index contributed by atoms with van der Waals surface area (Å²) >= 11 is 0. The minimum absolute atomic E-state index is 0.0666. The molecule has 24 heavy (non-hydrogen) atoms. The molecule has 0 saturated heterocycles. The topological polar surface area (TPSA) is 102 Å². The Bertz CT molecular complexity index is 697. The Labute approximate surface area is 140 Å². The van der Waals surface area contributed by atoms with E-state index in [1.807, 2.05) is 0 Å². The molecular weight excluding hydrogens is 308 g/mol. The average molecular weight is 328 g/mol. The summed E-state index contributed by atoms with van der Waals surface area (Å²) in [7, 11) is 1.46. The Hall–Kier alpha value is -2.81. The van der Waals surface area contributed by atoms with Crippen molar-refractivity contribution in [1.82, 2.24) is 0 Å². The van der Waals surface area contributed by atoms with Gasteiger partial charge in [0.1, 0.15) is 11.6 Å². The molecule has 1 fully saturated rings. The molecule has 0 spiro atoms. The minimum atomic E-state index is -0.802. The van der Waals surface area contributed by atoms with Crippen molar-refractivity contribution < 1.29 is 19.1 Å². The van der Waals surface area contributed by atoms with Gasteiger partial charge in [0.2, 0.25) is 0 Å². The van der Waals surface area contributed by atoms with Gasteiger partial charge < -0.3 is 15.2 Å². The lowest BCUT2D eigenvalue weighted by atomic mass is 9.89. The predicted molar refractivity (Wildman–Crippen MR) is 88.0 cm³/mol. The molecule has 2 rings (SSSR count). The summed E-state index contributed by atoms with van der Waals surface area (Å²) in [4.78, 5) is 23.3. The third-order valence-corrected chi connectivity index (χ3v) is 4.03. The van der Waals surface area contributed by atoms with E-state index >= 15 is 0 Å². The third-order valence-electron chi connectivity index (χ3n) is 4.03. The number of rotatable bonds is 5. The monoisotopic (exact) mass is 328 g/mol. The van der Waals surface area contributed by atoms with Gasteiger partial charge in [-0.2, -0.15) is 5.26 Å². The van der Waals surface area contributed by atoms with Crippen molar-refractivity contribution in [2.75, 3.05) is 7.11 Å². The fourth-order valence-electron chi connectivity index (χ4n) is 2.71. The van der Waals surface area contributed by atoms with Crippen molar-refractivity contribution >= 4 is 18.0 Å². The van der Waals surface area contributed by atoms with Crippen LogP contribution < -0.4 is 15.2 Å². The van der Waals surface area contributed by atoms with Crippen molar-refractivity contribution in [3.63, 3.8) is 0 Å². The number of benzene rings is 1. The summed E-state index contributed by atoms with van der Waals surface area (Å²) < 4.78 is 10.7. The highest BCUT2D eigenvalue weighted by atomic mass is 16.6. The predicted octanol–water partition coefficient (Wildman–Crippen LogP) is 2.57. The summed E-state index contributed by atoms with van der Waals surface area (Å²) in [5.41, 5.74) is 5.51. The van der Waals surface area contributed by atoms with E-state index < -0.39 is 5.91 Å². The minimum Gasteiger partial charge on any atom is -0.493 e. The van der Waals surface area contributed by atoms with Crippen molar-refractivity contribution in [3.05, 3.63) is 29.3 Å². The third kappa shape index (κ3) is 4.35. The Morgan fingerprint density at radius 2 is 1.96 bits per heavy atom. The van der Waals surface area contributed by atoms with E-state index in [-0.39, 0.29) is 17.5 Å². The maximum atomic E-state index is 12.2. The number of primary amides is 1. The molecule has 0 heterocycles. The Morgan fingerprint density at radius 3 is 2.54 bits per heavy atom. The number of methoxy groups -OCH3 is 1. The van der Waals surface area contributed by atoms with Gasteiger partial charge in [-0.3, -0.25) is 9.59 Å². The number of carbonyl (C=O) groups is 2. The van der Waals surface area contributed by atoms with Gasteiger partial charge in [-0.15, -0.1) is 0 Å². The summed E-state index contributed by atoms with van der Waals surface area (Å²) in [5, 5.41) is 8.88. The molecule has 0 aliphatic heterocycles. The molecule has 0 aromatic heterocycles. The van der Waals surface area contributed by atoms with Gasteiger partial charge in [0.05, 0.1) is 13.0 Å². The SMILES string of the molecule is COc1cc(/C=C(\C#N)C(N)=O)ccc1OC(=O)C1CCCCC1. The zero-order valence-corrected chi connectivity index (χ0v) is 13.6. The fourth-order valence-corrected chi connectivity index (χ4v) is 2.71. The molecule has 1 aliphatic rings. The van der Waals surface area contributed by atoms with Crippen LogP contribution in [-0.2, 0) is 9.59 Å². The number of amides is 1. The first-order valence-corrected chi connectivity index (χ1v) is 7.86. The van der Waals surface area contributed by atoms with Crippen LogP contribution in [0.3, 0.4) is 0 Å². The first-order chi connectivity index (χ1) is 11.5. The van der Waals surface area contributed by atoms with Gasteiger partial charge in [-0.25, -0.2) is 0 Å². The quantitative estimate of drug-likeness (QED) is 0.387. The number of carbonyl (C=O) groups excluding carboxylic acids is 2. The van der Waals surface area contributed by atoms with Crippen molar-refractivity contribution in [1.29, 1.82) is 5.26 Å². The number of ether oxygens (including phenoxy) is 2. The van der Waals surface area contributed by atoms with Crippen molar-refractivity contribution in [3.8, 4) is 17.6 Å². The standard InChI is InChI=1S/C18H20N2O4/c1-23-16-10-12(9-14(11-19)17(20)21)7-8-15(16)24-18(22)13-5-3-2-4-6-13/h7-10,13H,2-6H2,1H3,(H2,20,21)/b14-9+. The van der Waals surface area contributed by atoms with Gasteiger partial charge in [-0.1, -0.05) is 25.3 Å². The number of nitrogens with zero attached hydrogens (tertiary/aromatic N) is 1. The maximum absolute atomic E-state index is 12.2. The second-order valence-corrected chi connectivity index (χ2v) is 5.70. The van der Waals surface area contributed by atoms with Gasteiger partial charge in [0.15, 0.2) is 11.5 Å². The molecule has 2 N–H and O–H groups in total. The van der Waals surface area contributed by atoms with Crippen LogP contribution >= 0.6 is 0 Å². The molecule has 126 valence electrons. The van der Waals surface area contributed by atoms with E-state index in [1.54, 1.807) is 24.3 Å². The van der Waals surface area contributed by atoms with Crippen LogP contribution in [0.2, 0.25) is 0 Å². The number of hydrogen-bond acceptors (Lipinski definition) is 5. The van der Waals surface area contributed by atoms with Crippen LogP contribution in [-0.4, -0.2) is 19.0 Å². The van der Waals surface area contributed by atoms with Gasteiger partial charge >= 0.3 is 5.97 Å². The summed E-state index contributed by atoms with van der Waals surface area (Å²) in [6.07, 6.45) is 6.32. The number of nitrogens with two attached hydrogens (primary N) is 1. The van der Waals surface area contributed by atoms with Gasteiger partial charge in [0, 0.05) is 0 Å². The highest BCUT2D eigenvalue weighted by molar-refractivity contribution is 6.00. The van der Waals surface area contributed by atoms with Gasteiger partial charge in [0.25, 0.3) is 5.91 Å². The smallest absolute Gasteiger partial charge is 0.314 e. The van der Waals surface area contributed by atoms with Crippen LogP contribution in [0.4, 0.5) is 0 Å². The van der Waals surface area contributed by atoms with Crippen LogP contribution in [0.5, 0.6) is 11.5 Å². The second-order valence-electron chi connectivity index (χ2n) is 5.70. The Kier molecular flexibility index (Phi) is 5.96. The lowest BCUT2D eigenvalue weighted by Crippen LogP contribution is -2.22. The van der Waals surface area contributed by atoms with E-state index in [0.717, 1.165) is 32.1 Å². The van der Waals surface area contributed by atoms with Crippen LogP contribution in [0, 0.1) is 17.2 Å². The molecule has 0 bridgehead atoms. The van der Waals surface area contributed by atoms with Crippen LogP contribution in [0.15, 0.2) is 23.8 Å². The summed E-state index contributed by atoms with van der Waals surface area (Å²) in [5.74, 6) is -0.434. The summed E-state index contributed by atoms with van der Waals surface area (Å²) in [6, 6.07) is 6.54. The average Bonchev–Trinajstić information content (AvgIpc) is 2.61. The number of nitriles is 1.